The molecule has 2 aromatic heterocycles. The number of carbonyl (C=O) groups excluding carboxylic acids is 2. The van der Waals surface area contributed by atoms with E-state index in [1.165, 1.54) is 50.6 Å². The number of β-lactam (4-membered cyclic amide) rings is 1. The van der Waals surface area contributed by atoms with Crippen LogP contribution in [0.5, 0.6) is 0 Å². The number of aromatic nitrogens is 4. The molecule has 10 nitrogen and oxygen atoms in total. The maximum atomic E-state index is 12.8. The maximum Gasteiger partial charge on any atom is 0.352 e. The molecule has 0 bridgehead atoms. The van der Waals surface area contributed by atoms with Gasteiger partial charge in [0.05, 0.1) is 10.7 Å². The van der Waals surface area contributed by atoms with Gasteiger partial charge in [-0.3, -0.25) is 19.2 Å². The first kappa shape index (κ1) is 22.3. The molecule has 1 saturated heterocycles. The minimum Gasteiger partial charge on any atom is -0.477 e. The second kappa shape index (κ2) is 8.92. The normalized spacial score (nSPS) is 20.5. The SMILES string of the molecule is CCn1ncc(Br)c1C(=O)NC1C(=O)N2C(C(=O)O)=C(CSc3nnc(C)s3)CSC12. The van der Waals surface area contributed by atoms with Gasteiger partial charge in [0.1, 0.15) is 27.8 Å². The van der Waals surface area contributed by atoms with Gasteiger partial charge in [0.25, 0.3) is 11.8 Å². The summed E-state index contributed by atoms with van der Waals surface area (Å²) in [6, 6.07) is -0.793. The Morgan fingerprint density at radius 3 is 2.84 bits per heavy atom. The first-order valence-corrected chi connectivity index (χ1v) is 12.8. The van der Waals surface area contributed by atoms with Gasteiger partial charge in [-0.2, -0.15) is 5.10 Å². The fourth-order valence-corrected chi connectivity index (χ4v) is 7.09. The highest BCUT2D eigenvalue weighted by Crippen LogP contribution is 2.42. The van der Waals surface area contributed by atoms with E-state index in [1.54, 1.807) is 0 Å². The number of thioether (sulfide) groups is 2. The van der Waals surface area contributed by atoms with Gasteiger partial charge in [-0.25, -0.2) is 4.79 Å². The minimum atomic E-state index is -1.15. The lowest BCUT2D eigenvalue weighted by Gasteiger charge is -2.49. The molecule has 2 aromatic rings. The molecule has 2 unspecified atom stereocenters. The van der Waals surface area contributed by atoms with E-state index in [2.05, 4.69) is 36.5 Å². The number of aryl methyl sites for hydroxylation is 2. The number of carboxylic acids is 1. The molecule has 0 aromatic carbocycles. The van der Waals surface area contributed by atoms with Crippen molar-refractivity contribution in [3.63, 3.8) is 0 Å². The number of nitrogens with one attached hydrogen (secondary N) is 1. The average Bonchev–Trinajstić information content (AvgIpc) is 3.34. The second-order valence-electron chi connectivity index (χ2n) is 6.65. The molecule has 0 spiro atoms. The zero-order valence-electron chi connectivity index (χ0n) is 16.4. The van der Waals surface area contributed by atoms with Crippen molar-refractivity contribution in [2.45, 2.75) is 36.1 Å². The molecule has 31 heavy (non-hydrogen) atoms. The number of nitrogens with zero attached hydrogens (tertiary/aromatic N) is 5. The summed E-state index contributed by atoms with van der Waals surface area (Å²) in [5.41, 5.74) is 0.970. The van der Waals surface area contributed by atoms with Crippen LogP contribution in [0.4, 0.5) is 0 Å². The van der Waals surface area contributed by atoms with Crippen LogP contribution in [-0.4, -0.2) is 70.7 Å². The van der Waals surface area contributed by atoms with Crippen molar-refractivity contribution in [3.8, 4) is 0 Å². The number of halogens is 1. The summed E-state index contributed by atoms with van der Waals surface area (Å²) in [6.45, 7) is 4.21. The van der Waals surface area contributed by atoms with Crippen molar-refractivity contribution in [2.75, 3.05) is 11.5 Å². The third-order valence-electron chi connectivity index (χ3n) is 4.72. The first-order valence-electron chi connectivity index (χ1n) is 9.16. The lowest BCUT2D eigenvalue weighted by Crippen LogP contribution is -2.70. The highest BCUT2D eigenvalue weighted by atomic mass is 79.9. The third kappa shape index (κ3) is 4.13. The van der Waals surface area contributed by atoms with Gasteiger partial charge < -0.3 is 10.4 Å². The van der Waals surface area contributed by atoms with Crippen molar-refractivity contribution in [3.05, 3.63) is 32.6 Å². The van der Waals surface area contributed by atoms with Crippen molar-refractivity contribution in [1.29, 1.82) is 0 Å². The standard InChI is InChI=1S/C17H17BrN6O4S3/c1-3-23-12(9(18)4-19-23)13(25)20-10-14(26)24-11(16(27)28)8(5-29-15(10)24)6-30-17-22-21-7(2)31-17/h4,10,15H,3,5-6H2,1-2H3,(H,20,25)(H,27,28). The Bertz CT molecular complexity index is 1100. The Kier molecular flexibility index (Phi) is 6.42. The molecule has 2 amide bonds. The van der Waals surface area contributed by atoms with E-state index < -0.39 is 29.2 Å². The molecule has 2 N–H and O–H groups in total. The first-order chi connectivity index (χ1) is 14.8. The highest BCUT2D eigenvalue weighted by Gasteiger charge is 2.54. The van der Waals surface area contributed by atoms with E-state index in [1.807, 2.05) is 13.8 Å². The third-order valence-corrected chi connectivity index (χ3v) is 8.70. The topological polar surface area (TPSA) is 130 Å². The van der Waals surface area contributed by atoms with Gasteiger partial charge in [0.15, 0.2) is 4.34 Å². The summed E-state index contributed by atoms with van der Waals surface area (Å²) in [5, 5.41) is 25.0. The molecular formula is C17H17BrN6O4S3. The van der Waals surface area contributed by atoms with Crippen LogP contribution in [0.2, 0.25) is 0 Å². The lowest BCUT2D eigenvalue weighted by molar-refractivity contribution is -0.148. The fourth-order valence-electron chi connectivity index (χ4n) is 3.32. The fraction of sp³-hybridized carbons (Fsp3) is 0.412. The molecule has 2 atom stereocenters. The Morgan fingerprint density at radius 1 is 1.42 bits per heavy atom. The number of fused-ring (bicyclic) bond motifs is 1. The van der Waals surface area contributed by atoms with Crippen LogP contribution in [0.3, 0.4) is 0 Å². The van der Waals surface area contributed by atoms with Crippen molar-refractivity contribution < 1.29 is 19.5 Å². The predicted octanol–water partition coefficient (Wildman–Crippen LogP) is 1.97. The summed E-state index contributed by atoms with van der Waals surface area (Å²) in [5.74, 6) is -1.17. The molecule has 164 valence electrons. The number of amides is 2. The summed E-state index contributed by atoms with van der Waals surface area (Å²) in [7, 11) is 0. The number of carboxylic acid groups (broad SMARTS) is 1. The Hall–Kier alpha value is -1.90. The van der Waals surface area contributed by atoms with Crippen molar-refractivity contribution in [1.82, 2.24) is 30.2 Å². The predicted molar refractivity (Wildman–Crippen MR) is 120 cm³/mol. The largest absolute Gasteiger partial charge is 0.477 e. The van der Waals surface area contributed by atoms with Crippen LogP contribution in [0, 0.1) is 6.92 Å². The number of carbonyl (C=O) groups is 3. The minimum absolute atomic E-state index is 0.00670. The monoisotopic (exact) mass is 544 g/mol. The van der Waals surface area contributed by atoms with Gasteiger partial charge in [-0.15, -0.1) is 22.0 Å². The highest BCUT2D eigenvalue weighted by molar-refractivity contribution is 9.10. The number of hydrogen-bond donors (Lipinski definition) is 2. The van der Waals surface area contributed by atoms with Gasteiger partial charge in [0.2, 0.25) is 0 Å². The van der Waals surface area contributed by atoms with Crippen LogP contribution in [0.15, 0.2) is 26.3 Å². The molecule has 4 heterocycles. The molecule has 2 aliphatic rings. The number of aliphatic carboxylic acids is 1. The van der Waals surface area contributed by atoms with E-state index in [9.17, 15) is 19.5 Å². The molecule has 0 saturated carbocycles. The molecule has 4 rings (SSSR count). The van der Waals surface area contributed by atoms with E-state index in [-0.39, 0.29) is 5.70 Å². The Morgan fingerprint density at radius 2 is 2.19 bits per heavy atom. The molecule has 1 fully saturated rings. The molecule has 0 aliphatic carbocycles. The van der Waals surface area contributed by atoms with Gasteiger partial charge in [-0.1, -0.05) is 23.1 Å². The Labute approximate surface area is 198 Å². The van der Waals surface area contributed by atoms with E-state index in [0.717, 1.165) is 9.35 Å². The van der Waals surface area contributed by atoms with Crippen LogP contribution in [0.25, 0.3) is 0 Å². The van der Waals surface area contributed by atoms with Crippen molar-refractivity contribution in [2.24, 2.45) is 0 Å². The number of rotatable bonds is 7. The summed E-state index contributed by atoms with van der Waals surface area (Å²) in [4.78, 5) is 38.8. The van der Waals surface area contributed by atoms with Crippen LogP contribution in [-0.2, 0) is 16.1 Å². The maximum absolute atomic E-state index is 12.8. The average molecular weight is 545 g/mol. The molecular weight excluding hydrogens is 528 g/mol. The summed E-state index contributed by atoms with van der Waals surface area (Å²) in [6.07, 6.45) is 1.53. The van der Waals surface area contributed by atoms with Gasteiger partial charge in [-0.05, 0) is 35.4 Å². The smallest absolute Gasteiger partial charge is 0.352 e. The summed E-state index contributed by atoms with van der Waals surface area (Å²) >= 11 is 7.58. The molecule has 2 aliphatic heterocycles. The van der Waals surface area contributed by atoms with Crippen LogP contribution >= 0.6 is 50.8 Å². The molecule has 0 radical (unpaired) electrons. The summed E-state index contributed by atoms with van der Waals surface area (Å²) < 4.78 is 2.81. The van der Waals surface area contributed by atoms with Gasteiger partial charge >= 0.3 is 5.97 Å². The Balaban J connectivity index is 1.50. The zero-order chi connectivity index (χ0) is 22.3. The van der Waals surface area contributed by atoms with E-state index in [4.69, 9.17) is 0 Å². The van der Waals surface area contributed by atoms with Gasteiger partial charge in [0, 0.05) is 18.1 Å². The lowest BCUT2D eigenvalue weighted by atomic mass is 10.0. The quantitative estimate of drug-likeness (QED) is 0.396. The second-order valence-corrected chi connectivity index (χ2v) is 11.0. The van der Waals surface area contributed by atoms with Crippen LogP contribution in [0.1, 0.15) is 22.4 Å². The van der Waals surface area contributed by atoms with E-state index >= 15 is 0 Å². The zero-order valence-corrected chi connectivity index (χ0v) is 20.4. The number of hydrogen-bond acceptors (Lipinski definition) is 9. The van der Waals surface area contributed by atoms with E-state index in [0.29, 0.717) is 33.8 Å². The molecule has 14 heteroatoms. The van der Waals surface area contributed by atoms with Crippen LogP contribution < -0.4 is 5.32 Å². The van der Waals surface area contributed by atoms with Crippen molar-refractivity contribution >= 4 is 68.6 Å².